The molecule has 1 aromatic heterocycles. The van der Waals surface area contributed by atoms with Crippen LogP contribution in [0.1, 0.15) is 0 Å². The molecule has 0 spiro atoms. The molecule has 2 atom stereocenters. The number of rotatable bonds is 4. The van der Waals surface area contributed by atoms with E-state index >= 15 is 0 Å². The van der Waals surface area contributed by atoms with Crippen LogP contribution in [0, 0.1) is 10.1 Å². The summed E-state index contributed by atoms with van der Waals surface area (Å²) in [5.74, 6) is -0.00458. The monoisotopic (exact) mass is 243 g/mol. The lowest BCUT2D eigenvalue weighted by Gasteiger charge is -2.15. The summed E-state index contributed by atoms with van der Waals surface area (Å²) in [6, 6.07) is 0. The van der Waals surface area contributed by atoms with Gasteiger partial charge in [0.2, 0.25) is 0 Å². The Bertz CT molecular complexity index is 419. The molecule has 1 aliphatic rings. The van der Waals surface area contributed by atoms with Crippen molar-refractivity contribution >= 4 is 5.69 Å². The Kier molecular flexibility index (Phi) is 3.25. The van der Waals surface area contributed by atoms with E-state index in [1.54, 1.807) is 14.2 Å². The molecule has 1 aliphatic heterocycles. The van der Waals surface area contributed by atoms with Crippen LogP contribution in [-0.4, -0.2) is 47.2 Å². The summed E-state index contributed by atoms with van der Waals surface area (Å²) in [5.41, 5.74) is -0.158. The molecule has 2 rings (SSSR count). The Labute approximate surface area is 97.2 Å². The van der Waals surface area contributed by atoms with Crippen LogP contribution in [0.5, 0.6) is 5.88 Å². The van der Waals surface area contributed by atoms with E-state index in [4.69, 9.17) is 14.2 Å². The zero-order chi connectivity index (χ0) is 12.4. The second-order valence-electron chi connectivity index (χ2n) is 3.72. The van der Waals surface area contributed by atoms with Crippen LogP contribution < -0.4 is 4.74 Å². The third-order valence-electron chi connectivity index (χ3n) is 2.52. The third kappa shape index (κ3) is 2.37. The van der Waals surface area contributed by atoms with E-state index in [0.717, 1.165) is 0 Å². The zero-order valence-corrected chi connectivity index (χ0v) is 9.53. The predicted octanol–water partition coefficient (Wildman–Crippen LogP) is 0.121. The molecule has 2 heterocycles. The van der Waals surface area contributed by atoms with Gasteiger partial charge in [0.1, 0.15) is 12.3 Å². The van der Waals surface area contributed by atoms with E-state index in [9.17, 15) is 10.1 Å². The Balaban J connectivity index is 2.15. The SMILES string of the molecule is CO[C@H]1COC[C@@H]1Oc1nn(C)cc1[N+](=O)[O-]. The molecular formula is C9H13N3O5. The number of hydrogen-bond donors (Lipinski definition) is 0. The van der Waals surface area contributed by atoms with Gasteiger partial charge in [-0.1, -0.05) is 0 Å². The number of methoxy groups -OCH3 is 1. The minimum atomic E-state index is -0.528. The van der Waals surface area contributed by atoms with Crippen LogP contribution in [0.2, 0.25) is 0 Å². The highest BCUT2D eigenvalue weighted by molar-refractivity contribution is 5.38. The maximum absolute atomic E-state index is 10.8. The fourth-order valence-corrected chi connectivity index (χ4v) is 1.65. The molecule has 0 aromatic carbocycles. The summed E-state index contributed by atoms with van der Waals surface area (Å²) in [5, 5.41) is 14.7. The fraction of sp³-hybridized carbons (Fsp3) is 0.667. The largest absolute Gasteiger partial charge is 0.463 e. The minimum absolute atomic E-state index is 0.00458. The van der Waals surface area contributed by atoms with Crippen molar-refractivity contribution in [3.8, 4) is 5.88 Å². The van der Waals surface area contributed by atoms with Crippen LogP contribution in [0.15, 0.2) is 6.20 Å². The first-order valence-electron chi connectivity index (χ1n) is 5.07. The van der Waals surface area contributed by atoms with Crippen molar-refractivity contribution in [2.45, 2.75) is 12.2 Å². The van der Waals surface area contributed by atoms with Crippen molar-refractivity contribution in [3.05, 3.63) is 16.3 Å². The smallest absolute Gasteiger partial charge is 0.350 e. The van der Waals surface area contributed by atoms with E-state index < -0.39 is 4.92 Å². The molecule has 1 aromatic rings. The van der Waals surface area contributed by atoms with Crippen molar-refractivity contribution in [3.63, 3.8) is 0 Å². The molecule has 94 valence electrons. The number of hydrogen-bond acceptors (Lipinski definition) is 6. The van der Waals surface area contributed by atoms with Crippen LogP contribution in [0.25, 0.3) is 0 Å². The summed E-state index contributed by atoms with van der Waals surface area (Å²) >= 11 is 0. The van der Waals surface area contributed by atoms with Gasteiger partial charge in [-0.2, -0.15) is 0 Å². The van der Waals surface area contributed by atoms with E-state index in [0.29, 0.717) is 13.2 Å². The molecule has 17 heavy (non-hydrogen) atoms. The first kappa shape index (κ1) is 11.8. The predicted molar refractivity (Wildman–Crippen MR) is 55.9 cm³/mol. The molecule has 0 radical (unpaired) electrons. The molecule has 8 nitrogen and oxygen atoms in total. The normalized spacial score (nSPS) is 23.9. The first-order chi connectivity index (χ1) is 8.11. The third-order valence-corrected chi connectivity index (χ3v) is 2.52. The Morgan fingerprint density at radius 3 is 2.94 bits per heavy atom. The number of aryl methyl sites for hydroxylation is 1. The van der Waals surface area contributed by atoms with E-state index in [1.165, 1.54) is 10.9 Å². The lowest BCUT2D eigenvalue weighted by Crippen LogP contribution is -2.31. The van der Waals surface area contributed by atoms with Gasteiger partial charge in [0.25, 0.3) is 0 Å². The topological polar surface area (TPSA) is 88.7 Å². The fourth-order valence-electron chi connectivity index (χ4n) is 1.65. The summed E-state index contributed by atoms with van der Waals surface area (Å²) in [4.78, 5) is 10.2. The molecular weight excluding hydrogens is 230 g/mol. The average Bonchev–Trinajstić information content (AvgIpc) is 2.85. The molecule has 0 saturated carbocycles. The van der Waals surface area contributed by atoms with Gasteiger partial charge >= 0.3 is 11.6 Å². The van der Waals surface area contributed by atoms with Crippen LogP contribution in [-0.2, 0) is 16.5 Å². The van der Waals surface area contributed by atoms with E-state index in [-0.39, 0.29) is 23.8 Å². The maximum Gasteiger partial charge on any atom is 0.350 e. The van der Waals surface area contributed by atoms with Crippen molar-refractivity contribution in [1.29, 1.82) is 0 Å². The molecule has 0 amide bonds. The van der Waals surface area contributed by atoms with E-state index in [2.05, 4.69) is 5.10 Å². The maximum atomic E-state index is 10.8. The highest BCUT2D eigenvalue weighted by Crippen LogP contribution is 2.27. The Hall–Kier alpha value is -1.67. The number of aromatic nitrogens is 2. The van der Waals surface area contributed by atoms with Crippen LogP contribution >= 0.6 is 0 Å². The summed E-state index contributed by atoms with van der Waals surface area (Å²) in [7, 11) is 3.14. The number of ether oxygens (including phenoxy) is 3. The van der Waals surface area contributed by atoms with Gasteiger partial charge in [-0.3, -0.25) is 14.8 Å². The van der Waals surface area contributed by atoms with Gasteiger partial charge in [0.05, 0.1) is 18.1 Å². The van der Waals surface area contributed by atoms with Crippen LogP contribution in [0.3, 0.4) is 0 Å². The van der Waals surface area contributed by atoms with Gasteiger partial charge in [0.15, 0.2) is 6.10 Å². The van der Waals surface area contributed by atoms with Gasteiger partial charge in [0, 0.05) is 14.2 Å². The van der Waals surface area contributed by atoms with Crippen molar-refractivity contribution in [2.24, 2.45) is 7.05 Å². The lowest BCUT2D eigenvalue weighted by atomic mass is 10.2. The number of nitro groups is 1. The quantitative estimate of drug-likeness (QED) is 0.551. The molecule has 0 N–H and O–H groups in total. The summed E-state index contributed by atoms with van der Waals surface area (Å²) in [6.45, 7) is 0.758. The Morgan fingerprint density at radius 1 is 1.59 bits per heavy atom. The lowest BCUT2D eigenvalue weighted by molar-refractivity contribution is -0.386. The number of nitrogens with zero attached hydrogens (tertiary/aromatic N) is 3. The molecule has 0 unspecified atom stereocenters. The molecule has 0 aliphatic carbocycles. The van der Waals surface area contributed by atoms with Gasteiger partial charge in [-0.25, -0.2) is 0 Å². The Morgan fingerprint density at radius 2 is 2.29 bits per heavy atom. The standard InChI is InChI=1S/C9H13N3O5/c1-11-3-6(12(13)14)9(10-11)17-8-5-16-4-7(8)15-2/h3,7-8H,4-5H2,1-2H3/t7-,8-/m0/s1. The van der Waals surface area contributed by atoms with Crippen LogP contribution in [0.4, 0.5) is 5.69 Å². The van der Waals surface area contributed by atoms with Crippen molar-refractivity contribution in [2.75, 3.05) is 20.3 Å². The van der Waals surface area contributed by atoms with Gasteiger partial charge in [-0.05, 0) is 0 Å². The first-order valence-corrected chi connectivity index (χ1v) is 5.07. The minimum Gasteiger partial charge on any atom is -0.463 e. The molecule has 1 fully saturated rings. The molecule has 0 bridgehead atoms. The van der Waals surface area contributed by atoms with Gasteiger partial charge in [-0.15, -0.1) is 5.10 Å². The average molecular weight is 243 g/mol. The molecule has 1 saturated heterocycles. The zero-order valence-electron chi connectivity index (χ0n) is 9.53. The highest BCUT2D eigenvalue weighted by atomic mass is 16.6. The highest BCUT2D eigenvalue weighted by Gasteiger charge is 2.33. The summed E-state index contributed by atoms with van der Waals surface area (Å²) < 4.78 is 17.1. The van der Waals surface area contributed by atoms with E-state index in [1.807, 2.05) is 0 Å². The van der Waals surface area contributed by atoms with Crippen molar-refractivity contribution < 1.29 is 19.1 Å². The van der Waals surface area contributed by atoms with Crippen molar-refractivity contribution in [1.82, 2.24) is 9.78 Å². The molecule has 8 heteroatoms. The second kappa shape index (κ2) is 4.68. The summed E-state index contributed by atoms with van der Waals surface area (Å²) in [6.07, 6.45) is 0.706. The second-order valence-corrected chi connectivity index (χ2v) is 3.72. The van der Waals surface area contributed by atoms with Gasteiger partial charge < -0.3 is 14.2 Å².